The monoisotopic (exact) mass is 486 g/mol. The molecule has 168 valence electrons. The van der Waals surface area contributed by atoms with Crippen molar-refractivity contribution in [2.24, 2.45) is 0 Å². The highest BCUT2D eigenvalue weighted by molar-refractivity contribution is 8.00. The Labute approximate surface area is 192 Å². The van der Waals surface area contributed by atoms with Gasteiger partial charge in [0.25, 0.3) is 0 Å². The second kappa shape index (κ2) is 9.55. The van der Waals surface area contributed by atoms with Gasteiger partial charge in [0.05, 0.1) is 10.6 Å². The molecule has 0 fully saturated rings. The van der Waals surface area contributed by atoms with Crippen molar-refractivity contribution in [1.29, 1.82) is 0 Å². The number of nitrogens with one attached hydrogen (secondary N) is 1. The van der Waals surface area contributed by atoms with Gasteiger partial charge in [-0.15, -0.1) is 0 Å². The molecule has 1 amide bonds. The highest BCUT2D eigenvalue weighted by Crippen LogP contribution is 2.35. The first-order valence-corrected chi connectivity index (χ1v) is 12.0. The quantitative estimate of drug-likeness (QED) is 0.286. The number of rotatable bonds is 7. The molecule has 0 atom stereocenters. The molecule has 4 rings (SSSR count). The molecule has 3 aromatic carbocycles. The lowest BCUT2D eigenvalue weighted by Gasteiger charge is -2.05. The second-order valence-corrected chi connectivity index (χ2v) is 9.59. The lowest BCUT2D eigenvalue weighted by Crippen LogP contribution is -2.14. The van der Waals surface area contributed by atoms with Crippen molar-refractivity contribution in [3.05, 3.63) is 90.5 Å². The molecule has 1 aromatic heterocycles. The standard InChI is InChI=1S/C23H16F2N2O4S2/c24-16-6-10-18(11-7-16)26-20(28)14-32-23-22(27-21(31-23)15-4-2-1-3-5-15)33(29,30)19-12-8-17(25)9-13-19/h1-13H,14H2,(H,26,28). The van der Waals surface area contributed by atoms with E-state index in [1.807, 2.05) is 0 Å². The number of anilines is 1. The number of hydrogen-bond donors (Lipinski definition) is 1. The average Bonchev–Trinajstić information content (AvgIpc) is 3.25. The van der Waals surface area contributed by atoms with E-state index in [1.54, 1.807) is 30.3 Å². The molecule has 10 heteroatoms. The van der Waals surface area contributed by atoms with E-state index in [4.69, 9.17) is 4.42 Å². The third-order valence-electron chi connectivity index (χ3n) is 4.43. The van der Waals surface area contributed by atoms with Gasteiger partial charge in [0.15, 0.2) is 0 Å². The van der Waals surface area contributed by atoms with E-state index in [2.05, 4.69) is 10.3 Å². The zero-order chi connectivity index (χ0) is 23.4. The third-order valence-corrected chi connectivity index (χ3v) is 7.18. The molecule has 0 aliphatic rings. The summed E-state index contributed by atoms with van der Waals surface area (Å²) >= 11 is 0.849. The molecule has 0 aliphatic heterocycles. The maximum absolute atomic E-state index is 13.3. The van der Waals surface area contributed by atoms with Crippen LogP contribution < -0.4 is 5.32 Å². The van der Waals surface area contributed by atoms with Gasteiger partial charge in [-0.2, -0.15) is 4.98 Å². The predicted octanol–water partition coefficient (Wildman–Crippen LogP) is 5.18. The summed E-state index contributed by atoms with van der Waals surface area (Å²) in [6.07, 6.45) is 0. The molecule has 6 nitrogen and oxygen atoms in total. The van der Waals surface area contributed by atoms with Crippen molar-refractivity contribution in [1.82, 2.24) is 4.98 Å². The number of oxazole rings is 1. The van der Waals surface area contributed by atoms with Crippen LogP contribution in [0.4, 0.5) is 14.5 Å². The average molecular weight is 487 g/mol. The molecule has 1 heterocycles. The molecule has 1 N–H and O–H groups in total. The van der Waals surface area contributed by atoms with Gasteiger partial charge >= 0.3 is 0 Å². The molecular formula is C23H16F2N2O4S2. The number of nitrogens with zero attached hydrogens (tertiary/aromatic N) is 1. The van der Waals surface area contributed by atoms with Gasteiger partial charge in [0.1, 0.15) is 11.6 Å². The van der Waals surface area contributed by atoms with E-state index in [-0.39, 0.29) is 26.7 Å². The van der Waals surface area contributed by atoms with E-state index in [0.717, 1.165) is 36.0 Å². The largest absolute Gasteiger partial charge is 0.428 e. The Morgan fingerprint density at radius 3 is 2.15 bits per heavy atom. The van der Waals surface area contributed by atoms with Crippen LogP contribution in [0.25, 0.3) is 11.5 Å². The molecular weight excluding hydrogens is 470 g/mol. The van der Waals surface area contributed by atoms with Gasteiger partial charge in [-0.05, 0) is 60.7 Å². The molecule has 0 radical (unpaired) electrons. The van der Waals surface area contributed by atoms with Crippen molar-refractivity contribution in [2.75, 3.05) is 11.1 Å². The Bertz CT molecular complexity index is 1370. The van der Waals surface area contributed by atoms with Crippen LogP contribution in [0.3, 0.4) is 0 Å². The van der Waals surface area contributed by atoms with Crippen molar-refractivity contribution in [3.8, 4) is 11.5 Å². The van der Waals surface area contributed by atoms with Crippen molar-refractivity contribution in [2.45, 2.75) is 15.0 Å². The van der Waals surface area contributed by atoms with E-state index in [1.165, 1.54) is 24.3 Å². The van der Waals surface area contributed by atoms with Crippen LogP contribution in [0, 0.1) is 11.6 Å². The summed E-state index contributed by atoms with van der Waals surface area (Å²) in [5.41, 5.74) is 0.944. The first-order valence-electron chi connectivity index (χ1n) is 9.58. The molecule has 0 spiro atoms. The number of hydrogen-bond acceptors (Lipinski definition) is 6. The summed E-state index contributed by atoms with van der Waals surface area (Å²) in [5, 5.41) is 2.15. The normalized spacial score (nSPS) is 11.3. The van der Waals surface area contributed by atoms with Crippen LogP contribution in [-0.4, -0.2) is 25.1 Å². The molecule has 33 heavy (non-hydrogen) atoms. The highest BCUT2D eigenvalue weighted by atomic mass is 32.2. The van der Waals surface area contributed by atoms with Gasteiger partial charge in [-0.3, -0.25) is 4.79 Å². The molecule has 0 saturated carbocycles. The van der Waals surface area contributed by atoms with E-state index < -0.39 is 27.4 Å². The number of amides is 1. The molecule has 0 bridgehead atoms. The molecule has 0 aliphatic carbocycles. The van der Waals surface area contributed by atoms with E-state index in [9.17, 15) is 22.0 Å². The maximum atomic E-state index is 13.3. The van der Waals surface area contributed by atoms with Crippen LogP contribution in [0.15, 0.2) is 98.3 Å². The Kier molecular flexibility index (Phi) is 6.57. The summed E-state index contributed by atoms with van der Waals surface area (Å²) in [5.74, 6) is -1.58. The number of aromatic nitrogens is 1. The Hall–Kier alpha value is -3.50. The van der Waals surface area contributed by atoms with E-state index in [0.29, 0.717) is 11.3 Å². The van der Waals surface area contributed by atoms with Gasteiger partial charge in [-0.1, -0.05) is 30.0 Å². The lowest BCUT2D eigenvalue weighted by atomic mass is 10.2. The smallest absolute Gasteiger partial charge is 0.234 e. The highest BCUT2D eigenvalue weighted by Gasteiger charge is 2.29. The van der Waals surface area contributed by atoms with Gasteiger partial charge < -0.3 is 9.73 Å². The molecule has 4 aromatic rings. The van der Waals surface area contributed by atoms with Crippen LogP contribution in [0.1, 0.15) is 0 Å². The van der Waals surface area contributed by atoms with Gasteiger partial charge in [0, 0.05) is 11.3 Å². The number of carbonyl (C=O) groups is 1. The summed E-state index contributed by atoms with van der Waals surface area (Å²) in [6, 6.07) is 18.3. The van der Waals surface area contributed by atoms with Crippen molar-refractivity contribution in [3.63, 3.8) is 0 Å². The minimum Gasteiger partial charge on any atom is -0.428 e. The number of carbonyl (C=O) groups excluding carboxylic acids is 1. The number of benzene rings is 3. The fourth-order valence-corrected chi connectivity index (χ4v) is 5.17. The lowest BCUT2D eigenvalue weighted by molar-refractivity contribution is -0.113. The summed E-state index contributed by atoms with van der Waals surface area (Å²) in [7, 11) is -4.15. The number of sulfone groups is 1. The maximum Gasteiger partial charge on any atom is 0.234 e. The van der Waals surface area contributed by atoms with Crippen LogP contribution in [0.5, 0.6) is 0 Å². The van der Waals surface area contributed by atoms with Crippen LogP contribution in [-0.2, 0) is 14.6 Å². The summed E-state index contributed by atoms with van der Waals surface area (Å²) in [6.45, 7) is 0. The van der Waals surface area contributed by atoms with Crippen molar-refractivity contribution >= 4 is 33.2 Å². The fourth-order valence-electron chi connectivity index (χ4n) is 2.84. The van der Waals surface area contributed by atoms with Gasteiger partial charge in [-0.25, -0.2) is 17.2 Å². The van der Waals surface area contributed by atoms with Crippen molar-refractivity contribution < 1.29 is 26.4 Å². The van der Waals surface area contributed by atoms with E-state index >= 15 is 0 Å². The second-order valence-electron chi connectivity index (χ2n) is 6.78. The Balaban J connectivity index is 1.63. The minimum absolute atomic E-state index is 0.0673. The first kappa shape index (κ1) is 22.7. The summed E-state index contributed by atoms with van der Waals surface area (Å²) in [4.78, 5) is 16.4. The fraction of sp³-hybridized carbons (Fsp3) is 0.0435. The Morgan fingerprint density at radius 2 is 1.52 bits per heavy atom. The Morgan fingerprint density at radius 1 is 0.909 bits per heavy atom. The zero-order valence-electron chi connectivity index (χ0n) is 16.9. The van der Waals surface area contributed by atoms with Crippen LogP contribution in [0.2, 0.25) is 0 Å². The minimum atomic E-state index is -4.15. The predicted molar refractivity (Wildman–Crippen MR) is 120 cm³/mol. The number of thioether (sulfide) groups is 1. The molecule has 0 saturated heterocycles. The topological polar surface area (TPSA) is 89.3 Å². The van der Waals surface area contributed by atoms with Crippen LogP contribution >= 0.6 is 11.8 Å². The first-order chi connectivity index (χ1) is 15.8. The zero-order valence-corrected chi connectivity index (χ0v) is 18.5. The summed E-state index contributed by atoms with van der Waals surface area (Å²) < 4.78 is 58.4. The molecule has 0 unspecified atom stereocenters. The number of halogens is 2. The van der Waals surface area contributed by atoms with Gasteiger partial charge in [0.2, 0.25) is 31.8 Å². The third kappa shape index (κ3) is 5.29. The SMILES string of the molecule is O=C(CSc1oc(-c2ccccc2)nc1S(=O)(=O)c1ccc(F)cc1)Nc1ccc(F)cc1.